The fraction of sp³-hybridized carbons (Fsp3) is 0.400. The maximum Gasteiger partial charge on any atom is 0.180 e. The molecule has 0 radical (unpaired) electrons. The van der Waals surface area contributed by atoms with E-state index in [1.807, 2.05) is 0 Å². The molecule has 1 saturated heterocycles. The van der Waals surface area contributed by atoms with Crippen LogP contribution >= 0.6 is 23.2 Å². The molecule has 2 N–H and O–H groups in total. The standard InChI is InChI=1S/C20H20Cl2FN7/c21-13-1-2-14(23)17(22)12(13)10-28-7-8-29-20-16(28)9-15(30(20)29)19-25-18(26-27-19)11-3-5-24-6-4-11/h1-2,9,11,24H,3-8,10H2,(H,25,26,27). The Morgan fingerprint density at radius 2 is 1.97 bits per heavy atom. The first-order valence-corrected chi connectivity index (χ1v) is 10.9. The summed E-state index contributed by atoms with van der Waals surface area (Å²) in [5, 5.41) is 15.0. The van der Waals surface area contributed by atoms with Gasteiger partial charge in [-0.25, -0.2) is 9.07 Å². The van der Waals surface area contributed by atoms with E-state index in [0.717, 1.165) is 67.9 Å². The molecular formula is C20H20Cl2FN7. The minimum atomic E-state index is -0.449. The van der Waals surface area contributed by atoms with Gasteiger partial charge in [0.15, 0.2) is 11.6 Å². The second-order valence-corrected chi connectivity index (χ2v) is 8.78. The molecule has 3 aliphatic heterocycles. The van der Waals surface area contributed by atoms with Crippen molar-refractivity contribution in [2.45, 2.75) is 25.3 Å². The van der Waals surface area contributed by atoms with E-state index < -0.39 is 5.82 Å². The Hall–Kier alpha value is -2.29. The van der Waals surface area contributed by atoms with Gasteiger partial charge < -0.3 is 15.2 Å². The van der Waals surface area contributed by atoms with Gasteiger partial charge in [0, 0.05) is 29.6 Å². The van der Waals surface area contributed by atoms with Crippen LogP contribution in [0.4, 0.5) is 15.9 Å². The summed E-state index contributed by atoms with van der Waals surface area (Å²) < 4.78 is 16.1. The van der Waals surface area contributed by atoms with Crippen LogP contribution in [0.15, 0.2) is 18.2 Å². The molecule has 10 heteroatoms. The summed E-state index contributed by atoms with van der Waals surface area (Å²) in [4.78, 5) is 5.63. The number of aromatic amines is 1. The molecule has 0 bridgehead atoms. The van der Waals surface area contributed by atoms with E-state index in [4.69, 9.17) is 23.2 Å². The van der Waals surface area contributed by atoms with Crippen molar-refractivity contribution >= 4 is 34.7 Å². The van der Waals surface area contributed by atoms with Crippen LogP contribution in [0.2, 0.25) is 10.0 Å². The minimum Gasteiger partial charge on any atom is -0.362 e. The van der Waals surface area contributed by atoms with Gasteiger partial charge in [0.25, 0.3) is 0 Å². The first kappa shape index (κ1) is 18.5. The number of fused-ring (bicyclic) bond motifs is 1. The number of H-pyrrole nitrogens is 1. The molecule has 3 aromatic rings. The van der Waals surface area contributed by atoms with Gasteiger partial charge in [0.1, 0.15) is 17.3 Å². The van der Waals surface area contributed by atoms with Crippen molar-refractivity contribution in [1.82, 2.24) is 25.2 Å². The summed E-state index contributed by atoms with van der Waals surface area (Å²) in [7, 11) is 0. The van der Waals surface area contributed by atoms with E-state index in [0.29, 0.717) is 23.0 Å². The lowest BCUT2D eigenvalue weighted by atomic mass is 9.98. The second-order valence-electron chi connectivity index (χ2n) is 8.00. The van der Waals surface area contributed by atoms with Crippen molar-refractivity contribution < 1.29 is 4.39 Å². The summed E-state index contributed by atoms with van der Waals surface area (Å²) in [6.45, 7) is 4.13. The summed E-state index contributed by atoms with van der Waals surface area (Å²) >= 11 is 12.5. The van der Waals surface area contributed by atoms with E-state index in [1.54, 1.807) is 6.07 Å². The summed E-state index contributed by atoms with van der Waals surface area (Å²) in [6, 6.07) is 4.97. The minimum absolute atomic E-state index is 0.0900. The Morgan fingerprint density at radius 1 is 1.13 bits per heavy atom. The lowest BCUT2D eigenvalue weighted by Crippen LogP contribution is -2.34. The van der Waals surface area contributed by atoms with Gasteiger partial charge in [-0.15, -0.1) is 10.2 Å². The van der Waals surface area contributed by atoms with E-state index >= 15 is 0 Å². The topological polar surface area (TPSA) is 64.8 Å². The average molecular weight is 448 g/mol. The normalized spacial score (nSPS) is 18.1. The Bertz CT molecular complexity index is 1130. The van der Waals surface area contributed by atoms with Gasteiger partial charge in [0.2, 0.25) is 0 Å². The van der Waals surface area contributed by atoms with Crippen molar-refractivity contribution in [3.63, 3.8) is 0 Å². The number of nitrogens with zero attached hydrogens (tertiary/aromatic N) is 5. The van der Waals surface area contributed by atoms with E-state index in [2.05, 4.69) is 41.1 Å². The van der Waals surface area contributed by atoms with E-state index in [9.17, 15) is 4.39 Å². The number of anilines is 2. The number of benzene rings is 1. The zero-order valence-electron chi connectivity index (χ0n) is 16.1. The van der Waals surface area contributed by atoms with Gasteiger partial charge >= 0.3 is 0 Å². The second kappa shape index (κ2) is 6.87. The number of nitrogens with one attached hydrogen (secondary N) is 2. The lowest BCUT2D eigenvalue weighted by molar-refractivity contribution is 0.446. The van der Waals surface area contributed by atoms with Crippen LogP contribution in [-0.4, -0.2) is 46.0 Å². The molecule has 0 atom stereocenters. The molecule has 156 valence electrons. The zero-order valence-corrected chi connectivity index (χ0v) is 17.6. The largest absolute Gasteiger partial charge is 0.362 e. The van der Waals surface area contributed by atoms with E-state index in [1.165, 1.54) is 6.07 Å². The molecule has 0 spiro atoms. The zero-order chi connectivity index (χ0) is 20.4. The van der Waals surface area contributed by atoms with Crippen molar-refractivity contribution in [1.29, 1.82) is 0 Å². The van der Waals surface area contributed by atoms with Crippen LogP contribution in [0.25, 0.3) is 11.5 Å². The van der Waals surface area contributed by atoms with Crippen LogP contribution in [0.5, 0.6) is 0 Å². The van der Waals surface area contributed by atoms with Crippen LogP contribution in [0.1, 0.15) is 30.1 Å². The number of rotatable bonds is 4. The molecule has 7 nitrogen and oxygen atoms in total. The molecule has 1 fully saturated rings. The predicted molar refractivity (Wildman–Crippen MR) is 115 cm³/mol. The Morgan fingerprint density at radius 3 is 2.80 bits per heavy atom. The Balaban J connectivity index is 1.30. The highest BCUT2D eigenvalue weighted by atomic mass is 35.5. The molecular weight excluding hydrogens is 428 g/mol. The summed E-state index contributed by atoms with van der Waals surface area (Å²) in [6.07, 6.45) is 2.14. The molecule has 2 aromatic heterocycles. The average Bonchev–Trinajstić information content (AvgIpc) is 3.11. The fourth-order valence-electron chi connectivity index (χ4n) is 4.60. The fourth-order valence-corrected chi connectivity index (χ4v) is 5.09. The summed E-state index contributed by atoms with van der Waals surface area (Å²) in [5.41, 5.74) is 2.68. The van der Waals surface area contributed by atoms with Gasteiger partial charge in [-0.3, -0.25) is 5.01 Å². The van der Waals surface area contributed by atoms with Gasteiger partial charge in [-0.05, 0) is 44.1 Å². The van der Waals surface area contributed by atoms with Crippen molar-refractivity contribution in [3.8, 4) is 11.5 Å². The summed E-state index contributed by atoms with van der Waals surface area (Å²) in [5.74, 6) is 2.86. The predicted octanol–water partition coefficient (Wildman–Crippen LogP) is 3.79. The number of piperidine rings is 1. The SMILES string of the molecule is Fc1ccc(Cl)c(CN2CCN3c4c2cc(-c2nnc(C5CCNCC5)[nH]2)n43)c1Cl. The van der Waals surface area contributed by atoms with Gasteiger partial charge in [0.05, 0.1) is 17.3 Å². The Labute approximate surface area is 182 Å². The van der Waals surface area contributed by atoms with Crippen LogP contribution in [0.3, 0.4) is 0 Å². The molecule has 6 rings (SSSR count). The number of aromatic nitrogens is 4. The smallest absolute Gasteiger partial charge is 0.180 e. The van der Waals surface area contributed by atoms with Crippen molar-refractivity contribution in [2.75, 3.05) is 36.1 Å². The molecule has 0 aliphatic carbocycles. The monoisotopic (exact) mass is 447 g/mol. The van der Waals surface area contributed by atoms with Gasteiger partial charge in [-0.2, -0.15) is 0 Å². The van der Waals surface area contributed by atoms with E-state index in [-0.39, 0.29) is 5.02 Å². The molecule has 0 unspecified atom stereocenters. The third-order valence-electron chi connectivity index (χ3n) is 6.26. The Kier molecular flexibility index (Phi) is 4.23. The maximum atomic E-state index is 14.0. The quantitative estimate of drug-likeness (QED) is 0.470. The molecule has 1 aromatic carbocycles. The molecule has 3 aliphatic rings. The molecule has 30 heavy (non-hydrogen) atoms. The number of hydrogen-bond donors (Lipinski definition) is 2. The van der Waals surface area contributed by atoms with Gasteiger partial charge in [-0.1, -0.05) is 23.2 Å². The first-order chi connectivity index (χ1) is 14.6. The first-order valence-electron chi connectivity index (χ1n) is 10.2. The molecule has 0 amide bonds. The van der Waals surface area contributed by atoms with Crippen LogP contribution in [-0.2, 0) is 6.54 Å². The van der Waals surface area contributed by atoms with Crippen LogP contribution < -0.4 is 15.2 Å². The highest BCUT2D eigenvalue weighted by Crippen LogP contribution is 2.50. The molecule has 5 heterocycles. The lowest BCUT2D eigenvalue weighted by Gasteiger charge is -2.29. The third kappa shape index (κ3) is 2.81. The third-order valence-corrected chi connectivity index (χ3v) is 7.02. The van der Waals surface area contributed by atoms with Crippen LogP contribution in [0, 0.1) is 5.82 Å². The highest BCUT2D eigenvalue weighted by Gasteiger charge is 2.43. The van der Waals surface area contributed by atoms with Crippen molar-refractivity contribution in [2.24, 2.45) is 0 Å². The highest BCUT2D eigenvalue weighted by molar-refractivity contribution is 6.36. The number of halogens is 3. The molecule has 0 saturated carbocycles. The van der Waals surface area contributed by atoms with Crippen molar-refractivity contribution in [3.05, 3.63) is 45.4 Å². The number of hydrogen-bond acceptors (Lipinski definition) is 5. The maximum absolute atomic E-state index is 14.0.